The minimum atomic E-state index is -4.52. The molecule has 38 heavy (non-hydrogen) atoms. The number of pyridine rings is 2. The van der Waals surface area contributed by atoms with Gasteiger partial charge < -0.3 is 5.32 Å². The van der Waals surface area contributed by atoms with Crippen LogP contribution in [0.4, 0.5) is 27.6 Å². The zero-order valence-electron chi connectivity index (χ0n) is 21.1. The van der Waals surface area contributed by atoms with Gasteiger partial charge in [0.15, 0.2) is 0 Å². The van der Waals surface area contributed by atoms with E-state index in [2.05, 4.69) is 26.9 Å². The summed E-state index contributed by atoms with van der Waals surface area (Å²) in [6, 6.07) is 10.1. The minimum Gasteiger partial charge on any atom is -0.353 e. The molecule has 1 aliphatic rings. The first-order valence-corrected chi connectivity index (χ1v) is 12.1. The zero-order chi connectivity index (χ0) is 27.5. The van der Waals surface area contributed by atoms with Crippen molar-refractivity contribution in [2.24, 2.45) is 4.99 Å². The Hall–Kier alpha value is -3.66. The van der Waals surface area contributed by atoms with E-state index < -0.39 is 17.8 Å². The van der Waals surface area contributed by atoms with Crippen LogP contribution >= 0.6 is 0 Å². The average molecular weight is 530 g/mol. The number of aryl methyl sites for hydroxylation is 1. The maximum absolute atomic E-state index is 13.5. The van der Waals surface area contributed by atoms with Crippen LogP contribution in [0.1, 0.15) is 35.2 Å². The molecule has 0 bridgehead atoms. The number of halogens is 5. The van der Waals surface area contributed by atoms with Crippen molar-refractivity contribution < 1.29 is 22.0 Å². The van der Waals surface area contributed by atoms with Gasteiger partial charge in [0, 0.05) is 63.0 Å². The van der Waals surface area contributed by atoms with E-state index in [1.807, 2.05) is 36.1 Å². The number of rotatable bonds is 7. The van der Waals surface area contributed by atoms with Crippen molar-refractivity contribution in [1.82, 2.24) is 14.9 Å². The van der Waals surface area contributed by atoms with Gasteiger partial charge in [0.05, 0.1) is 23.3 Å². The molecule has 0 radical (unpaired) electrons. The summed E-state index contributed by atoms with van der Waals surface area (Å²) in [7, 11) is 1.61. The van der Waals surface area contributed by atoms with E-state index in [1.54, 1.807) is 19.4 Å². The fourth-order valence-electron chi connectivity index (χ4n) is 4.37. The van der Waals surface area contributed by atoms with E-state index in [4.69, 9.17) is 0 Å². The molecule has 0 atom stereocenters. The summed E-state index contributed by atoms with van der Waals surface area (Å²) in [5.74, 6) is -2.59. The Bertz CT molecular complexity index is 1320. The molecule has 0 unspecified atom stereocenters. The van der Waals surface area contributed by atoms with Crippen molar-refractivity contribution >= 4 is 11.4 Å². The Kier molecular flexibility index (Phi) is 7.91. The SMILES string of the molecule is C=C(Nc1ccc(C(F)(F)F)nc1)C(=NC)c1cc(-c2cncc(CN3CCC(F)(F)CC3)c2)ccc1C. The molecule has 4 rings (SSSR count). The molecule has 2 aromatic heterocycles. The summed E-state index contributed by atoms with van der Waals surface area (Å²) in [5.41, 5.74) is 4.74. The van der Waals surface area contributed by atoms with Crippen LogP contribution in [-0.4, -0.2) is 46.6 Å². The molecule has 1 N–H and O–H groups in total. The van der Waals surface area contributed by atoms with E-state index in [0.717, 1.165) is 40.1 Å². The molecule has 1 aliphatic heterocycles. The second-order valence-corrected chi connectivity index (χ2v) is 9.35. The lowest BCUT2D eigenvalue weighted by Gasteiger charge is -2.31. The van der Waals surface area contributed by atoms with E-state index in [1.165, 1.54) is 6.07 Å². The average Bonchev–Trinajstić information content (AvgIpc) is 2.87. The highest BCUT2D eigenvalue weighted by atomic mass is 19.4. The summed E-state index contributed by atoms with van der Waals surface area (Å²) >= 11 is 0. The first-order valence-electron chi connectivity index (χ1n) is 12.1. The van der Waals surface area contributed by atoms with Gasteiger partial charge in [-0.2, -0.15) is 13.2 Å². The van der Waals surface area contributed by atoms with Crippen molar-refractivity contribution in [3.8, 4) is 11.1 Å². The van der Waals surface area contributed by atoms with Crippen LogP contribution in [0.25, 0.3) is 11.1 Å². The fraction of sp³-hybridized carbons (Fsp3) is 0.321. The lowest BCUT2D eigenvalue weighted by molar-refractivity contribution is -0.141. The second-order valence-electron chi connectivity index (χ2n) is 9.35. The molecule has 0 spiro atoms. The van der Waals surface area contributed by atoms with E-state index >= 15 is 0 Å². The predicted octanol–water partition coefficient (Wildman–Crippen LogP) is 6.75. The maximum atomic E-state index is 13.5. The molecule has 0 aliphatic carbocycles. The third kappa shape index (κ3) is 6.61. The number of benzene rings is 1. The number of anilines is 1. The topological polar surface area (TPSA) is 53.4 Å². The van der Waals surface area contributed by atoms with Crippen molar-refractivity contribution in [2.45, 2.75) is 38.4 Å². The fourth-order valence-corrected chi connectivity index (χ4v) is 4.37. The number of likely N-dealkylation sites (tertiary alicyclic amines) is 1. The highest BCUT2D eigenvalue weighted by Gasteiger charge is 2.34. The Morgan fingerprint density at radius 3 is 2.42 bits per heavy atom. The van der Waals surface area contributed by atoms with Gasteiger partial charge >= 0.3 is 6.18 Å². The van der Waals surface area contributed by atoms with Gasteiger partial charge in [0.1, 0.15) is 5.69 Å². The monoisotopic (exact) mass is 529 g/mol. The molecule has 3 aromatic rings. The predicted molar refractivity (Wildman–Crippen MR) is 138 cm³/mol. The highest BCUT2D eigenvalue weighted by molar-refractivity contribution is 6.15. The van der Waals surface area contributed by atoms with E-state index in [-0.39, 0.29) is 12.8 Å². The van der Waals surface area contributed by atoms with Crippen LogP contribution in [0.5, 0.6) is 0 Å². The van der Waals surface area contributed by atoms with Crippen LogP contribution in [0.3, 0.4) is 0 Å². The number of hydrogen-bond donors (Lipinski definition) is 1. The summed E-state index contributed by atoms with van der Waals surface area (Å²) < 4.78 is 65.5. The molecule has 200 valence electrons. The lowest BCUT2D eigenvalue weighted by atomic mass is 9.96. The third-order valence-corrected chi connectivity index (χ3v) is 6.47. The largest absolute Gasteiger partial charge is 0.433 e. The molecular weight excluding hydrogens is 501 g/mol. The number of aromatic nitrogens is 2. The highest BCUT2D eigenvalue weighted by Crippen LogP contribution is 2.30. The number of allylic oxidation sites excluding steroid dienone is 1. The summed E-state index contributed by atoms with van der Waals surface area (Å²) in [6.07, 6.45) is -0.203. The molecule has 1 fully saturated rings. The molecule has 5 nitrogen and oxygen atoms in total. The molecule has 1 aromatic carbocycles. The number of alkyl halides is 5. The smallest absolute Gasteiger partial charge is 0.353 e. The van der Waals surface area contributed by atoms with Gasteiger partial charge in [-0.05, 0) is 47.9 Å². The normalized spacial score (nSPS) is 16.3. The zero-order valence-corrected chi connectivity index (χ0v) is 21.1. The maximum Gasteiger partial charge on any atom is 0.433 e. The van der Waals surface area contributed by atoms with Gasteiger partial charge in [-0.25, -0.2) is 13.8 Å². The molecule has 3 heterocycles. The van der Waals surface area contributed by atoms with Crippen molar-refractivity contribution in [1.29, 1.82) is 0 Å². The number of piperidine rings is 1. The summed E-state index contributed by atoms with van der Waals surface area (Å²) in [4.78, 5) is 14.2. The number of nitrogens with zero attached hydrogens (tertiary/aromatic N) is 4. The van der Waals surface area contributed by atoms with Crippen molar-refractivity contribution in [2.75, 3.05) is 25.5 Å². The van der Waals surface area contributed by atoms with Crippen LogP contribution in [0, 0.1) is 6.92 Å². The summed E-state index contributed by atoms with van der Waals surface area (Å²) in [5, 5.41) is 2.99. The van der Waals surface area contributed by atoms with Gasteiger partial charge in [-0.1, -0.05) is 18.7 Å². The third-order valence-electron chi connectivity index (χ3n) is 6.47. The van der Waals surface area contributed by atoms with Crippen LogP contribution < -0.4 is 5.32 Å². The first-order chi connectivity index (χ1) is 17.9. The Labute approximate surface area is 218 Å². The van der Waals surface area contributed by atoms with E-state index in [0.29, 0.717) is 36.7 Å². The Morgan fingerprint density at radius 1 is 1.05 bits per heavy atom. The van der Waals surface area contributed by atoms with Gasteiger partial charge in [0.25, 0.3) is 5.92 Å². The minimum absolute atomic E-state index is 0.138. The van der Waals surface area contributed by atoms with Gasteiger partial charge in [-0.3, -0.25) is 14.9 Å². The van der Waals surface area contributed by atoms with Gasteiger partial charge in [0.2, 0.25) is 0 Å². The molecule has 10 heteroatoms. The quantitative estimate of drug-likeness (QED) is 0.272. The standard InChI is InChI=1S/C28H28F5N5/c1-18-4-5-21(22-12-20(14-35-15-22)17-38-10-8-27(29,30)9-11-38)13-24(18)26(34-3)19(2)37-23-6-7-25(36-16-23)28(31,32)33/h4-7,12-16,37H,2,8-11,17H2,1,3H3. The molecular formula is C28H28F5N5. The van der Waals surface area contributed by atoms with Gasteiger partial charge in [-0.15, -0.1) is 0 Å². The Morgan fingerprint density at radius 2 is 1.79 bits per heavy atom. The second kappa shape index (κ2) is 11.0. The van der Waals surface area contributed by atoms with E-state index in [9.17, 15) is 22.0 Å². The van der Waals surface area contributed by atoms with Crippen molar-refractivity contribution in [3.63, 3.8) is 0 Å². The van der Waals surface area contributed by atoms with Crippen LogP contribution in [-0.2, 0) is 12.7 Å². The number of aliphatic imine (C=N–C) groups is 1. The summed E-state index contributed by atoms with van der Waals surface area (Å²) in [6.45, 7) is 7.19. The number of hydrogen-bond acceptors (Lipinski definition) is 5. The first kappa shape index (κ1) is 27.4. The van der Waals surface area contributed by atoms with Crippen LogP contribution in [0.2, 0.25) is 0 Å². The van der Waals surface area contributed by atoms with Crippen molar-refractivity contribution in [3.05, 3.63) is 89.6 Å². The molecule has 0 saturated carbocycles. The molecule has 1 saturated heterocycles. The Balaban J connectivity index is 1.52. The lowest BCUT2D eigenvalue weighted by Crippen LogP contribution is -2.38. The molecule has 0 amide bonds. The number of nitrogens with one attached hydrogen (secondary N) is 1. The van der Waals surface area contributed by atoms with Crippen LogP contribution in [0.15, 0.2) is 72.3 Å².